The van der Waals surface area contributed by atoms with Gasteiger partial charge in [0.15, 0.2) is 0 Å². The summed E-state index contributed by atoms with van der Waals surface area (Å²) in [6, 6.07) is 0. The lowest BCUT2D eigenvalue weighted by molar-refractivity contribution is -0.123. The second-order valence-electron chi connectivity index (χ2n) is 5.51. The molecule has 0 aromatic rings. The summed E-state index contributed by atoms with van der Waals surface area (Å²) in [5.41, 5.74) is 0. The van der Waals surface area contributed by atoms with Crippen LogP contribution < -0.4 is 0 Å². The van der Waals surface area contributed by atoms with E-state index in [1.807, 2.05) is 13.8 Å². The van der Waals surface area contributed by atoms with Crippen LogP contribution in [-0.4, -0.2) is 17.0 Å². The second kappa shape index (κ2) is 8.74. The lowest BCUT2D eigenvalue weighted by atomic mass is 9.98. The van der Waals surface area contributed by atoms with Crippen LogP contribution in [0.1, 0.15) is 66.2 Å². The molecule has 0 spiro atoms. The highest BCUT2D eigenvalue weighted by molar-refractivity contribution is 5.80. The molecule has 96 valence electrons. The van der Waals surface area contributed by atoms with Crippen LogP contribution in [0.15, 0.2) is 0 Å². The molecule has 1 atom stereocenters. The number of rotatable bonds is 9. The topological polar surface area (TPSA) is 37.3 Å². The van der Waals surface area contributed by atoms with Gasteiger partial charge in [0.05, 0.1) is 6.10 Å². The zero-order valence-corrected chi connectivity index (χ0v) is 11.3. The molecule has 0 heterocycles. The van der Waals surface area contributed by atoms with Crippen molar-refractivity contribution in [1.29, 1.82) is 0 Å². The van der Waals surface area contributed by atoms with Crippen LogP contribution in [-0.2, 0) is 4.79 Å². The lowest BCUT2D eigenvalue weighted by Crippen LogP contribution is -2.17. The zero-order valence-electron chi connectivity index (χ0n) is 11.3. The minimum atomic E-state index is -0.422. The summed E-state index contributed by atoms with van der Waals surface area (Å²) in [5, 5.41) is 9.66. The standard InChI is InChI=1S/C14H28O2/c1-11(2)8-6-5-7-9-13(15)10-14(16)12(3)4/h11-13,15H,5-10H2,1-4H3/t13-/m1/s1. The molecule has 2 nitrogen and oxygen atoms in total. The van der Waals surface area contributed by atoms with E-state index >= 15 is 0 Å². The fourth-order valence-electron chi connectivity index (χ4n) is 1.68. The number of aliphatic hydroxyl groups excluding tert-OH is 1. The van der Waals surface area contributed by atoms with Crippen LogP contribution in [0.5, 0.6) is 0 Å². The van der Waals surface area contributed by atoms with E-state index in [-0.39, 0.29) is 11.7 Å². The van der Waals surface area contributed by atoms with Gasteiger partial charge >= 0.3 is 0 Å². The van der Waals surface area contributed by atoms with Crippen molar-refractivity contribution in [3.05, 3.63) is 0 Å². The Morgan fingerprint density at radius 3 is 2.06 bits per heavy atom. The van der Waals surface area contributed by atoms with Crippen molar-refractivity contribution in [2.24, 2.45) is 11.8 Å². The highest BCUT2D eigenvalue weighted by atomic mass is 16.3. The van der Waals surface area contributed by atoms with Gasteiger partial charge in [0.25, 0.3) is 0 Å². The third-order valence-electron chi connectivity index (χ3n) is 2.90. The van der Waals surface area contributed by atoms with E-state index in [0.29, 0.717) is 6.42 Å². The van der Waals surface area contributed by atoms with E-state index in [0.717, 1.165) is 18.8 Å². The molecule has 0 unspecified atom stereocenters. The van der Waals surface area contributed by atoms with Gasteiger partial charge in [-0.1, -0.05) is 53.4 Å². The van der Waals surface area contributed by atoms with Crippen molar-refractivity contribution in [2.45, 2.75) is 72.3 Å². The summed E-state index contributed by atoms with van der Waals surface area (Å²) >= 11 is 0. The fraction of sp³-hybridized carbons (Fsp3) is 0.929. The van der Waals surface area contributed by atoms with Gasteiger partial charge in [0.1, 0.15) is 5.78 Å². The third-order valence-corrected chi connectivity index (χ3v) is 2.90. The summed E-state index contributed by atoms with van der Waals surface area (Å²) < 4.78 is 0. The first-order chi connectivity index (χ1) is 7.43. The molecule has 0 aliphatic rings. The molecule has 0 saturated carbocycles. The van der Waals surface area contributed by atoms with E-state index in [4.69, 9.17) is 0 Å². The highest BCUT2D eigenvalue weighted by Gasteiger charge is 2.13. The molecule has 0 aliphatic carbocycles. The summed E-state index contributed by atoms with van der Waals surface area (Å²) in [6.07, 6.45) is 5.40. The first-order valence-corrected chi connectivity index (χ1v) is 6.64. The predicted molar refractivity (Wildman–Crippen MR) is 68.4 cm³/mol. The maximum Gasteiger partial charge on any atom is 0.137 e. The zero-order chi connectivity index (χ0) is 12.6. The van der Waals surface area contributed by atoms with Crippen molar-refractivity contribution in [3.8, 4) is 0 Å². The molecule has 16 heavy (non-hydrogen) atoms. The average Bonchev–Trinajstić information content (AvgIpc) is 2.16. The van der Waals surface area contributed by atoms with Crippen molar-refractivity contribution in [1.82, 2.24) is 0 Å². The van der Waals surface area contributed by atoms with Crippen LogP contribution in [0.4, 0.5) is 0 Å². The van der Waals surface area contributed by atoms with Crippen LogP contribution in [0.2, 0.25) is 0 Å². The Morgan fingerprint density at radius 2 is 1.56 bits per heavy atom. The molecule has 0 amide bonds. The average molecular weight is 228 g/mol. The van der Waals surface area contributed by atoms with E-state index in [1.54, 1.807) is 0 Å². The van der Waals surface area contributed by atoms with Gasteiger partial charge in [-0.25, -0.2) is 0 Å². The minimum absolute atomic E-state index is 0.0515. The Balaban J connectivity index is 3.44. The van der Waals surface area contributed by atoms with Crippen LogP contribution >= 0.6 is 0 Å². The number of carbonyl (C=O) groups excluding carboxylic acids is 1. The van der Waals surface area contributed by atoms with Crippen molar-refractivity contribution < 1.29 is 9.90 Å². The highest BCUT2D eigenvalue weighted by Crippen LogP contribution is 2.13. The molecule has 0 radical (unpaired) electrons. The number of hydrogen-bond donors (Lipinski definition) is 1. The summed E-state index contributed by atoms with van der Waals surface area (Å²) in [7, 11) is 0. The number of hydrogen-bond acceptors (Lipinski definition) is 2. The molecule has 0 aromatic heterocycles. The van der Waals surface area contributed by atoms with Gasteiger partial charge in [0.2, 0.25) is 0 Å². The van der Waals surface area contributed by atoms with Gasteiger partial charge in [-0.15, -0.1) is 0 Å². The van der Waals surface area contributed by atoms with Crippen LogP contribution in [0, 0.1) is 11.8 Å². The normalized spacial score (nSPS) is 13.4. The van der Waals surface area contributed by atoms with E-state index in [1.165, 1.54) is 19.3 Å². The van der Waals surface area contributed by atoms with Gasteiger partial charge in [-0.05, 0) is 12.3 Å². The Morgan fingerprint density at radius 1 is 1.00 bits per heavy atom. The third kappa shape index (κ3) is 8.90. The summed E-state index contributed by atoms with van der Waals surface area (Å²) in [5.74, 6) is 0.998. The van der Waals surface area contributed by atoms with Gasteiger partial charge < -0.3 is 5.11 Å². The van der Waals surface area contributed by atoms with Crippen LogP contribution in [0.25, 0.3) is 0 Å². The Labute approximate surface area is 100 Å². The van der Waals surface area contributed by atoms with Crippen molar-refractivity contribution in [2.75, 3.05) is 0 Å². The van der Waals surface area contributed by atoms with E-state index in [2.05, 4.69) is 13.8 Å². The van der Waals surface area contributed by atoms with Gasteiger partial charge in [-0.3, -0.25) is 4.79 Å². The van der Waals surface area contributed by atoms with Crippen LogP contribution in [0.3, 0.4) is 0 Å². The molecule has 0 aliphatic heterocycles. The maximum atomic E-state index is 11.4. The summed E-state index contributed by atoms with van der Waals surface area (Å²) in [4.78, 5) is 11.4. The predicted octanol–water partition coefficient (Wildman–Crippen LogP) is 3.57. The number of unbranched alkanes of at least 4 members (excludes halogenated alkanes) is 2. The molecule has 1 N–H and O–H groups in total. The van der Waals surface area contributed by atoms with Gasteiger partial charge in [-0.2, -0.15) is 0 Å². The Hall–Kier alpha value is -0.370. The molecule has 0 saturated heterocycles. The number of carbonyl (C=O) groups is 1. The number of aliphatic hydroxyl groups is 1. The molecule has 0 rings (SSSR count). The SMILES string of the molecule is CC(C)CCCCC[C@@H](O)CC(=O)C(C)C. The molecule has 0 aromatic carbocycles. The smallest absolute Gasteiger partial charge is 0.137 e. The number of Topliss-reactive ketones (excluding diaryl/α,β-unsaturated/α-hetero) is 1. The Kier molecular flexibility index (Phi) is 8.54. The second-order valence-corrected chi connectivity index (χ2v) is 5.51. The minimum Gasteiger partial charge on any atom is -0.393 e. The van der Waals surface area contributed by atoms with E-state index < -0.39 is 6.10 Å². The molecule has 0 fully saturated rings. The Bertz CT molecular complexity index is 185. The molecular formula is C14H28O2. The molecular weight excluding hydrogens is 200 g/mol. The van der Waals surface area contributed by atoms with Crippen molar-refractivity contribution in [3.63, 3.8) is 0 Å². The van der Waals surface area contributed by atoms with E-state index in [9.17, 15) is 9.90 Å². The largest absolute Gasteiger partial charge is 0.393 e. The van der Waals surface area contributed by atoms with Crippen molar-refractivity contribution >= 4 is 5.78 Å². The maximum absolute atomic E-state index is 11.4. The number of ketones is 1. The first-order valence-electron chi connectivity index (χ1n) is 6.64. The lowest BCUT2D eigenvalue weighted by Gasteiger charge is -2.11. The first kappa shape index (κ1) is 15.6. The molecule has 2 heteroatoms. The monoisotopic (exact) mass is 228 g/mol. The summed E-state index contributed by atoms with van der Waals surface area (Å²) in [6.45, 7) is 8.24. The van der Waals surface area contributed by atoms with Gasteiger partial charge in [0, 0.05) is 12.3 Å². The fourth-order valence-corrected chi connectivity index (χ4v) is 1.68. The quantitative estimate of drug-likeness (QED) is 0.613. The molecule has 0 bridgehead atoms.